The van der Waals surface area contributed by atoms with Crippen LogP contribution in [0.3, 0.4) is 0 Å². The Balaban J connectivity index is 0.00000400. The van der Waals surface area contributed by atoms with Gasteiger partial charge in [-0.2, -0.15) is 0 Å². The van der Waals surface area contributed by atoms with E-state index in [1.165, 1.54) is 12.1 Å². The highest BCUT2D eigenvalue weighted by molar-refractivity contribution is 5.85. The molecule has 0 aromatic heterocycles. The first-order valence-corrected chi connectivity index (χ1v) is 6.67. The molecule has 1 rings (SSSR count). The van der Waals surface area contributed by atoms with E-state index in [0.717, 1.165) is 6.07 Å². The molecule has 1 amide bonds. The number of amides is 1. The number of rotatable bonds is 4. The standard InChI is InChI=1S/C15H22F2N2O.ClH/c1-5-12(10-7-6-9(16)8-11(10)17)19-14(20)13(18)15(2,3)4;/h6-8,12-13H,5,18H2,1-4H3,(H,19,20);1H/t12?,13-;/m1./s1. The van der Waals surface area contributed by atoms with Crippen LogP contribution < -0.4 is 11.1 Å². The van der Waals surface area contributed by atoms with Crippen molar-refractivity contribution in [3.8, 4) is 0 Å². The predicted octanol–water partition coefficient (Wildman–Crippen LogP) is 3.33. The van der Waals surface area contributed by atoms with E-state index in [4.69, 9.17) is 5.73 Å². The van der Waals surface area contributed by atoms with Crippen molar-refractivity contribution in [2.24, 2.45) is 11.1 Å². The predicted molar refractivity (Wildman–Crippen MR) is 82.2 cm³/mol. The number of hydrogen-bond donors (Lipinski definition) is 2. The summed E-state index contributed by atoms with van der Waals surface area (Å²) in [6.45, 7) is 7.39. The van der Waals surface area contributed by atoms with Crippen LogP contribution >= 0.6 is 12.4 Å². The third-order valence-electron chi connectivity index (χ3n) is 3.28. The molecule has 1 aromatic rings. The fraction of sp³-hybridized carbons (Fsp3) is 0.533. The molecule has 0 aliphatic carbocycles. The van der Waals surface area contributed by atoms with Gasteiger partial charge in [-0.05, 0) is 17.9 Å². The zero-order valence-electron chi connectivity index (χ0n) is 12.7. The summed E-state index contributed by atoms with van der Waals surface area (Å²) in [6, 6.07) is 2.13. The van der Waals surface area contributed by atoms with Crippen LogP contribution in [0.15, 0.2) is 18.2 Å². The van der Waals surface area contributed by atoms with Crippen molar-refractivity contribution < 1.29 is 13.6 Å². The molecule has 0 radical (unpaired) electrons. The molecule has 1 aromatic carbocycles. The zero-order chi connectivity index (χ0) is 15.5. The third kappa shape index (κ3) is 5.25. The molecule has 0 bridgehead atoms. The summed E-state index contributed by atoms with van der Waals surface area (Å²) in [5.74, 6) is -1.65. The van der Waals surface area contributed by atoms with Crippen molar-refractivity contribution >= 4 is 18.3 Å². The van der Waals surface area contributed by atoms with Crippen LogP contribution in [0.2, 0.25) is 0 Å². The molecule has 21 heavy (non-hydrogen) atoms. The molecule has 1 unspecified atom stereocenters. The van der Waals surface area contributed by atoms with Gasteiger partial charge < -0.3 is 11.1 Å². The second-order valence-corrected chi connectivity index (χ2v) is 5.98. The molecule has 0 spiro atoms. The van der Waals surface area contributed by atoms with Gasteiger partial charge >= 0.3 is 0 Å². The SMILES string of the molecule is CCC(NC(=O)[C@@H](N)C(C)(C)C)c1ccc(F)cc1F.Cl. The summed E-state index contributed by atoms with van der Waals surface area (Å²) in [4.78, 5) is 12.1. The summed E-state index contributed by atoms with van der Waals surface area (Å²) in [6.07, 6.45) is 0.491. The summed E-state index contributed by atoms with van der Waals surface area (Å²) in [5.41, 5.74) is 5.75. The van der Waals surface area contributed by atoms with Gasteiger partial charge in [-0.15, -0.1) is 12.4 Å². The van der Waals surface area contributed by atoms with Crippen molar-refractivity contribution in [1.82, 2.24) is 5.32 Å². The highest BCUT2D eigenvalue weighted by atomic mass is 35.5. The quantitative estimate of drug-likeness (QED) is 0.894. The molecule has 0 heterocycles. The normalized spacial score (nSPS) is 14.0. The number of carbonyl (C=O) groups is 1. The summed E-state index contributed by atoms with van der Waals surface area (Å²) >= 11 is 0. The van der Waals surface area contributed by atoms with Crippen LogP contribution in [-0.4, -0.2) is 11.9 Å². The Kier molecular flexibility index (Phi) is 7.27. The maximum atomic E-state index is 13.8. The fourth-order valence-electron chi connectivity index (χ4n) is 1.84. The number of nitrogens with two attached hydrogens (primary N) is 1. The third-order valence-corrected chi connectivity index (χ3v) is 3.28. The molecule has 0 saturated heterocycles. The van der Waals surface area contributed by atoms with E-state index in [1.54, 1.807) is 0 Å². The largest absolute Gasteiger partial charge is 0.348 e. The van der Waals surface area contributed by atoms with Crippen molar-refractivity contribution in [2.45, 2.75) is 46.2 Å². The second-order valence-electron chi connectivity index (χ2n) is 5.98. The van der Waals surface area contributed by atoms with Gasteiger partial charge in [-0.3, -0.25) is 4.79 Å². The van der Waals surface area contributed by atoms with E-state index < -0.39 is 23.7 Å². The minimum absolute atomic E-state index is 0. The van der Waals surface area contributed by atoms with Crippen molar-refractivity contribution in [2.75, 3.05) is 0 Å². The van der Waals surface area contributed by atoms with Crippen LogP contribution in [0.4, 0.5) is 8.78 Å². The maximum Gasteiger partial charge on any atom is 0.237 e. The first-order valence-electron chi connectivity index (χ1n) is 6.67. The van der Waals surface area contributed by atoms with E-state index in [0.29, 0.717) is 6.42 Å². The second kappa shape index (κ2) is 7.71. The van der Waals surface area contributed by atoms with Crippen LogP contribution in [0.5, 0.6) is 0 Å². The fourth-order valence-corrected chi connectivity index (χ4v) is 1.84. The summed E-state index contributed by atoms with van der Waals surface area (Å²) in [7, 11) is 0. The van der Waals surface area contributed by atoms with E-state index in [9.17, 15) is 13.6 Å². The molecule has 120 valence electrons. The highest BCUT2D eigenvalue weighted by Gasteiger charge is 2.29. The molecule has 0 saturated carbocycles. The maximum absolute atomic E-state index is 13.8. The lowest BCUT2D eigenvalue weighted by Gasteiger charge is -2.28. The Morgan fingerprint density at radius 3 is 2.33 bits per heavy atom. The number of halogens is 3. The topological polar surface area (TPSA) is 55.1 Å². The van der Waals surface area contributed by atoms with Crippen LogP contribution in [0, 0.1) is 17.0 Å². The van der Waals surface area contributed by atoms with E-state index in [-0.39, 0.29) is 29.3 Å². The summed E-state index contributed by atoms with van der Waals surface area (Å²) in [5, 5.41) is 2.72. The minimum atomic E-state index is -0.694. The van der Waals surface area contributed by atoms with Gasteiger partial charge in [-0.25, -0.2) is 8.78 Å². The van der Waals surface area contributed by atoms with Gasteiger partial charge in [0.15, 0.2) is 0 Å². The molecular weight excluding hydrogens is 298 g/mol. The molecule has 2 atom stereocenters. The van der Waals surface area contributed by atoms with Crippen LogP contribution in [-0.2, 0) is 4.79 Å². The van der Waals surface area contributed by atoms with Crippen molar-refractivity contribution in [3.05, 3.63) is 35.4 Å². The molecule has 0 aliphatic heterocycles. The number of benzene rings is 1. The Morgan fingerprint density at radius 1 is 1.33 bits per heavy atom. The van der Waals surface area contributed by atoms with Gasteiger partial charge in [0, 0.05) is 11.6 Å². The Labute approximate surface area is 130 Å². The average Bonchev–Trinajstić information content (AvgIpc) is 2.34. The molecule has 3 N–H and O–H groups in total. The molecule has 6 heteroatoms. The Hall–Kier alpha value is -1.20. The van der Waals surface area contributed by atoms with Gasteiger partial charge in [-0.1, -0.05) is 33.8 Å². The van der Waals surface area contributed by atoms with Crippen molar-refractivity contribution in [3.63, 3.8) is 0 Å². The van der Waals surface area contributed by atoms with Crippen molar-refractivity contribution in [1.29, 1.82) is 0 Å². The minimum Gasteiger partial charge on any atom is -0.348 e. The Bertz CT molecular complexity index is 489. The van der Waals surface area contributed by atoms with Gasteiger partial charge in [0.25, 0.3) is 0 Å². The van der Waals surface area contributed by atoms with E-state index in [1.807, 2.05) is 27.7 Å². The lowest BCUT2D eigenvalue weighted by atomic mass is 9.86. The monoisotopic (exact) mass is 320 g/mol. The molecule has 3 nitrogen and oxygen atoms in total. The Morgan fingerprint density at radius 2 is 1.90 bits per heavy atom. The molecular formula is C15H23ClF2N2O. The van der Waals surface area contributed by atoms with Gasteiger partial charge in [0.05, 0.1) is 12.1 Å². The zero-order valence-corrected chi connectivity index (χ0v) is 13.6. The van der Waals surface area contributed by atoms with E-state index in [2.05, 4.69) is 5.32 Å². The average molecular weight is 321 g/mol. The van der Waals surface area contributed by atoms with E-state index >= 15 is 0 Å². The lowest BCUT2D eigenvalue weighted by Crippen LogP contribution is -2.49. The summed E-state index contributed by atoms with van der Waals surface area (Å²) < 4.78 is 26.7. The first kappa shape index (κ1) is 19.8. The van der Waals surface area contributed by atoms with Crippen LogP contribution in [0.25, 0.3) is 0 Å². The van der Waals surface area contributed by atoms with Crippen LogP contribution in [0.1, 0.15) is 45.7 Å². The highest BCUT2D eigenvalue weighted by Crippen LogP contribution is 2.23. The van der Waals surface area contributed by atoms with Gasteiger partial charge in [0.1, 0.15) is 11.6 Å². The number of nitrogens with one attached hydrogen (secondary N) is 1. The number of carbonyl (C=O) groups excluding carboxylic acids is 1. The first-order chi connectivity index (χ1) is 9.16. The smallest absolute Gasteiger partial charge is 0.237 e. The van der Waals surface area contributed by atoms with Gasteiger partial charge in [0.2, 0.25) is 5.91 Å². The lowest BCUT2D eigenvalue weighted by molar-refractivity contribution is -0.125. The molecule has 0 aliphatic rings. The number of hydrogen-bond acceptors (Lipinski definition) is 2. The molecule has 0 fully saturated rings.